The average Bonchev–Trinajstić information content (AvgIpc) is 2.85. The first-order valence-electron chi connectivity index (χ1n) is 6.83. The minimum absolute atomic E-state index is 0.277. The first kappa shape index (κ1) is 15.5. The van der Waals surface area contributed by atoms with Crippen LogP contribution in [0.4, 0.5) is 5.69 Å². The minimum Gasteiger partial charge on any atom is -0.385 e. The number of aromatic nitrogens is 2. The van der Waals surface area contributed by atoms with Crippen molar-refractivity contribution >= 4 is 15.7 Å². The van der Waals surface area contributed by atoms with Gasteiger partial charge in [-0.15, -0.1) is 0 Å². The Morgan fingerprint density at radius 2 is 1.90 bits per heavy atom. The summed E-state index contributed by atoms with van der Waals surface area (Å²) in [4.78, 5) is 0.277. The Labute approximate surface area is 125 Å². The van der Waals surface area contributed by atoms with E-state index in [-0.39, 0.29) is 4.90 Å². The van der Waals surface area contributed by atoms with Gasteiger partial charge >= 0.3 is 0 Å². The van der Waals surface area contributed by atoms with Gasteiger partial charge in [-0.25, -0.2) is 13.1 Å². The van der Waals surface area contributed by atoms with Gasteiger partial charge in [-0.05, 0) is 30.3 Å². The van der Waals surface area contributed by atoms with Gasteiger partial charge in [-0.1, -0.05) is 6.92 Å². The molecule has 21 heavy (non-hydrogen) atoms. The lowest BCUT2D eigenvalue weighted by atomic mass is 10.3. The van der Waals surface area contributed by atoms with E-state index in [1.165, 1.54) is 0 Å². The summed E-state index contributed by atoms with van der Waals surface area (Å²) in [6.45, 7) is 2.88. The van der Waals surface area contributed by atoms with E-state index in [4.69, 9.17) is 0 Å². The van der Waals surface area contributed by atoms with Crippen LogP contribution in [0.3, 0.4) is 0 Å². The molecular formula is C14H20N4O2S. The zero-order chi connectivity index (χ0) is 15.3. The van der Waals surface area contributed by atoms with Crippen molar-refractivity contribution in [1.82, 2.24) is 14.5 Å². The normalized spacial score (nSPS) is 11.5. The van der Waals surface area contributed by atoms with Gasteiger partial charge in [0.25, 0.3) is 0 Å². The van der Waals surface area contributed by atoms with E-state index in [9.17, 15) is 8.42 Å². The quantitative estimate of drug-likeness (QED) is 0.810. The standard InChI is InChI=1S/C14H20N4O2S/c1-3-16-21(19,20)14-6-4-12(5-7-14)15-10-8-13-9-11-18(2)17-13/h4-7,9,11,15-16H,3,8,10H2,1-2H3. The third-order valence-electron chi connectivity index (χ3n) is 2.98. The predicted molar refractivity (Wildman–Crippen MR) is 82.7 cm³/mol. The fourth-order valence-electron chi connectivity index (χ4n) is 1.96. The summed E-state index contributed by atoms with van der Waals surface area (Å²) >= 11 is 0. The van der Waals surface area contributed by atoms with E-state index >= 15 is 0 Å². The van der Waals surface area contributed by atoms with Crippen molar-refractivity contribution in [3.05, 3.63) is 42.2 Å². The summed E-state index contributed by atoms with van der Waals surface area (Å²) in [5.74, 6) is 0. The fourth-order valence-corrected chi connectivity index (χ4v) is 3.00. The molecule has 0 aliphatic carbocycles. The minimum atomic E-state index is -3.38. The molecule has 0 saturated carbocycles. The van der Waals surface area contributed by atoms with Crippen LogP contribution in [0.25, 0.3) is 0 Å². The van der Waals surface area contributed by atoms with Gasteiger partial charge in [-0.2, -0.15) is 5.10 Å². The van der Waals surface area contributed by atoms with Crippen LogP contribution in [0, 0.1) is 0 Å². The predicted octanol–water partition coefficient (Wildman–Crippen LogP) is 1.37. The molecule has 0 amide bonds. The van der Waals surface area contributed by atoms with Gasteiger partial charge < -0.3 is 5.32 Å². The monoisotopic (exact) mass is 308 g/mol. The maximum absolute atomic E-state index is 11.8. The molecule has 1 aromatic carbocycles. The zero-order valence-electron chi connectivity index (χ0n) is 12.2. The van der Waals surface area contributed by atoms with E-state index in [2.05, 4.69) is 15.1 Å². The van der Waals surface area contributed by atoms with Crippen LogP contribution in [0.5, 0.6) is 0 Å². The topological polar surface area (TPSA) is 76.0 Å². The Morgan fingerprint density at radius 3 is 2.48 bits per heavy atom. The Kier molecular flexibility index (Phi) is 4.98. The molecule has 0 aliphatic rings. The Bertz CT molecular complexity index is 677. The summed E-state index contributed by atoms with van der Waals surface area (Å²) in [5.41, 5.74) is 1.91. The van der Waals surface area contributed by atoms with Gasteiger partial charge in [0.2, 0.25) is 10.0 Å². The van der Waals surface area contributed by atoms with Crippen LogP contribution in [0.15, 0.2) is 41.4 Å². The van der Waals surface area contributed by atoms with Gasteiger partial charge in [0, 0.05) is 38.4 Å². The molecule has 0 saturated heterocycles. The van der Waals surface area contributed by atoms with Crippen molar-refractivity contribution < 1.29 is 8.42 Å². The van der Waals surface area contributed by atoms with Crippen molar-refractivity contribution in [2.45, 2.75) is 18.2 Å². The summed E-state index contributed by atoms with van der Waals surface area (Å²) in [5, 5.41) is 7.55. The van der Waals surface area contributed by atoms with Crippen molar-refractivity contribution in [1.29, 1.82) is 0 Å². The lowest BCUT2D eigenvalue weighted by molar-refractivity contribution is 0.584. The van der Waals surface area contributed by atoms with Crippen LogP contribution < -0.4 is 10.0 Å². The summed E-state index contributed by atoms with van der Waals surface area (Å²) in [6.07, 6.45) is 2.73. The van der Waals surface area contributed by atoms with E-state index in [0.29, 0.717) is 6.54 Å². The molecule has 1 heterocycles. The molecule has 2 N–H and O–H groups in total. The number of rotatable bonds is 7. The third-order valence-corrected chi connectivity index (χ3v) is 4.54. The van der Waals surface area contributed by atoms with Gasteiger partial charge in [0.15, 0.2) is 0 Å². The molecule has 2 rings (SSSR count). The highest BCUT2D eigenvalue weighted by atomic mass is 32.2. The molecule has 0 bridgehead atoms. The summed E-state index contributed by atoms with van der Waals surface area (Å²) < 4.78 is 27.8. The number of hydrogen-bond acceptors (Lipinski definition) is 4. The molecule has 0 fully saturated rings. The highest BCUT2D eigenvalue weighted by Crippen LogP contribution is 2.13. The van der Waals surface area contributed by atoms with Crippen molar-refractivity contribution in [3.63, 3.8) is 0 Å². The van der Waals surface area contributed by atoms with Crippen molar-refractivity contribution in [2.24, 2.45) is 7.05 Å². The van der Waals surface area contributed by atoms with E-state index < -0.39 is 10.0 Å². The van der Waals surface area contributed by atoms with Crippen LogP contribution in [-0.4, -0.2) is 31.3 Å². The van der Waals surface area contributed by atoms with Crippen molar-refractivity contribution in [2.75, 3.05) is 18.4 Å². The van der Waals surface area contributed by atoms with Crippen LogP contribution in [0.1, 0.15) is 12.6 Å². The first-order chi connectivity index (χ1) is 10.0. The Hall–Kier alpha value is -1.86. The lowest BCUT2D eigenvalue weighted by Crippen LogP contribution is -2.23. The number of hydrogen-bond donors (Lipinski definition) is 2. The molecule has 2 aromatic rings. The average molecular weight is 308 g/mol. The second-order valence-electron chi connectivity index (χ2n) is 4.68. The maximum atomic E-state index is 11.8. The molecule has 0 spiro atoms. The third kappa shape index (κ3) is 4.30. The molecule has 1 aromatic heterocycles. The SMILES string of the molecule is CCNS(=O)(=O)c1ccc(NCCc2ccn(C)n2)cc1. The molecular weight excluding hydrogens is 288 g/mol. The molecule has 7 heteroatoms. The molecule has 0 atom stereocenters. The molecule has 114 valence electrons. The van der Waals surface area contributed by atoms with E-state index in [1.807, 2.05) is 19.3 Å². The molecule has 6 nitrogen and oxygen atoms in total. The van der Waals surface area contributed by atoms with Gasteiger partial charge in [-0.3, -0.25) is 4.68 Å². The van der Waals surface area contributed by atoms with Gasteiger partial charge in [0.05, 0.1) is 10.6 Å². The van der Waals surface area contributed by atoms with Crippen LogP contribution in [0.2, 0.25) is 0 Å². The second-order valence-corrected chi connectivity index (χ2v) is 6.45. The highest BCUT2D eigenvalue weighted by molar-refractivity contribution is 7.89. The number of nitrogens with one attached hydrogen (secondary N) is 2. The van der Waals surface area contributed by atoms with E-state index in [0.717, 1.165) is 24.3 Å². The molecule has 0 radical (unpaired) electrons. The number of anilines is 1. The maximum Gasteiger partial charge on any atom is 0.240 e. The Morgan fingerprint density at radius 1 is 1.19 bits per heavy atom. The smallest absolute Gasteiger partial charge is 0.240 e. The fraction of sp³-hybridized carbons (Fsp3) is 0.357. The second kappa shape index (κ2) is 6.73. The zero-order valence-corrected chi connectivity index (χ0v) is 13.0. The number of sulfonamides is 1. The number of nitrogens with zero attached hydrogens (tertiary/aromatic N) is 2. The van der Waals surface area contributed by atoms with E-state index in [1.54, 1.807) is 35.9 Å². The van der Waals surface area contributed by atoms with Crippen molar-refractivity contribution in [3.8, 4) is 0 Å². The molecule has 0 unspecified atom stereocenters. The number of benzene rings is 1. The summed E-state index contributed by atoms with van der Waals surface area (Å²) in [6, 6.07) is 8.71. The highest BCUT2D eigenvalue weighted by Gasteiger charge is 2.11. The lowest BCUT2D eigenvalue weighted by Gasteiger charge is -2.07. The first-order valence-corrected chi connectivity index (χ1v) is 8.31. The number of aryl methyl sites for hydroxylation is 1. The van der Waals surface area contributed by atoms with Crippen LogP contribution >= 0.6 is 0 Å². The Balaban J connectivity index is 1.90. The van der Waals surface area contributed by atoms with Gasteiger partial charge in [0.1, 0.15) is 0 Å². The molecule has 0 aliphatic heterocycles. The van der Waals surface area contributed by atoms with Crippen LogP contribution in [-0.2, 0) is 23.5 Å². The largest absolute Gasteiger partial charge is 0.385 e. The summed E-state index contributed by atoms with van der Waals surface area (Å²) in [7, 11) is -1.49.